The number of rotatable bonds is 13. The van der Waals surface area contributed by atoms with Crippen molar-refractivity contribution in [2.45, 2.75) is 51.1 Å². The monoisotopic (exact) mass is 551 g/mol. The fraction of sp³-hybridized carbons (Fsp3) is 0.333. The van der Waals surface area contributed by atoms with Gasteiger partial charge in [0.2, 0.25) is 11.8 Å². The summed E-state index contributed by atoms with van der Waals surface area (Å²) in [5.74, 6) is -0.120. The Balaban J connectivity index is 1.98. The van der Waals surface area contributed by atoms with Crippen molar-refractivity contribution in [3.8, 4) is 5.75 Å². The summed E-state index contributed by atoms with van der Waals surface area (Å²) < 4.78 is 33.9. The Morgan fingerprint density at radius 1 is 0.974 bits per heavy atom. The number of aryl methyl sites for hydroxylation is 1. The number of carbonyl (C=O) groups is 2. The van der Waals surface area contributed by atoms with E-state index in [0.29, 0.717) is 18.0 Å². The van der Waals surface area contributed by atoms with E-state index in [-0.39, 0.29) is 17.3 Å². The summed E-state index contributed by atoms with van der Waals surface area (Å²) in [7, 11) is -2.51. The fourth-order valence-corrected chi connectivity index (χ4v) is 5.50. The third-order valence-corrected chi connectivity index (χ3v) is 8.20. The molecule has 3 aromatic rings. The molecule has 0 bridgehead atoms. The summed E-state index contributed by atoms with van der Waals surface area (Å²) >= 11 is 0. The predicted molar refractivity (Wildman–Crippen MR) is 153 cm³/mol. The number of hydrogen-bond donors (Lipinski definition) is 1. The first kappa shape index (κ1) is 29.7. The standard InChI is InChI=1S/C30H37N3O5S/c1-5-6-19-31-30(35)24(3)32(21-25-15-17-27(38-4)18-16-25)29(34)22-33(26-12-10-11-23(2)20-26)39(36,37)28-13-8-7-9-14-28/h7-18,20,24H,5-6,19,21-22H2,1-4H3,(H,31,35)/t24-/m1/s1. The third kappa shape index (κ3) is 7.83. The van der Waals surface area contributed by atoms with Gasteiger partial charge >= 0.3 is 0 Å². The van der Waals surface area contributed by atoms with Crippen molar-refractivity contribution in [1.29, 1.82) is 0 Å². The van der Waals surface area contributed by atoms with Crippen LogP contribution in [-0.2, 0) is 26.2 Å². The zero-order chi connectivity index (χ0) is 28.4. The average molecular weight is 552 g/mol. The molecule has 0 spiro atoms. The predicted octanol–water partition coefficient (Wildman–Crippen LogP) is 4.53. The Kier molecular flexibility index (Phi) is 10.5. The Bertz CT molecular complexity index is 1340. The number of benzene rings is 3. The highest BCUT2D eigenvalue weighted by Gasteiger charge is 2.32. The molecule has 208 valence electrons. The summed E-state index contributed by atoms with van der Waals surface area (Å²) in [4.78, 5) is 28.4. The van der Waals surface area contributed by atoms with Gasteiger partial charge in [0.05, 0.1) is 17.7 Å². The number of sulfonamides is 1. The van der Waals surface area contributed by atoms with Crippen LogP contribution in [-0.4, -0.2) is 51.4 Å². The van der Waals surface area contributed by atoms with Crippen LogP contribution in [0.25, 0.3) is 0 Å². The van der Waals surface area contributed by atoms with Gasteiger partial charge in [-0.1, -0.05) is 55.8 Å². The first-order valence-corrected chi connectivity index (χ1v) is 14.5. The van der Waals surface area contributed by atoms with E-state index in [2.05, 4.69) is 5.32 Å². The molecule has 3 rings (SSSR count). The minimum Gasteiger partial charge on any atom is -0.497 e. The first-order valence-electron chi connectivity index (χ1n) is 13.0. The zero-order valence-corrected chi connectivity index (χ0v) is 23.8. The molecule has 0 fully saturated rings. The van der Waals surface area contributed by atoms with E-state index in [1.807, 2.05) is 32.0 Å². The van der Waals surface area contributed by atoms with Crippen molar-refractivity contribution in [3.05, 3.63) is 90.0 Å². The lowest BCUT2D eigenvalue weighted by Gasteiger charge is -2.32. The van der Waals surface area contributed by atoms with Crippen molar-refractivity contribution in [3.63, 3.8) is 0 Å². The topological polar surface area (TPSA) is 96.0 Å². The maximum atomic E-state index is 13.9. The van der Waals surface area contributed by atoms with Crippen LogP contribution in [0.2, 0.25) is 0 Å². The lowest BCUT2D eigenvalue weighted by molar-refractivity contribution is -0.139. The quantitative estimate of drug-likeness (QED) is 0.315. The maximum Gasteiger partial charge on any atom is 0.264 e. The van der Waals surface area contributed by atoms with E-state index in [4.69, 9.17) is 4.74 Å². The van der Waals surface area contributed by atoms with Crippen molar-refractivity contribution < 1.29 is 22.7 Å². The summed E-state index contributed by atoms with van der Waals surface area (Å²) in [6.45, 7) is 5.70. The zero-order valence-electron chi connectivity index (χ0n) is 23.0. The van der Waals surface area contributed by atoms with Crippen molar-refractivity contribution in [2.75, 3.05) is 24.5 Å². The molecule has 39 heavy (non-hydrogen) atoms. The molecule has 0 aliphatic carbocycles. The highest BCUT2D eigenvalue weighted by Crippen LogP contribution is 2.25. The maximum absolute atomic E-state index is 13.9. The molecule has 0 aromatic heterocycles. The minimum absolute atomic E-state index is 0.0753. The van der Waals surface area contributed by atoms with Crippen LogP contribution in [0.4, 0.5) is 5.69 Å². The molecule has 0 aliphatic rings. The second kappa shape index (κ2) is 13.8. The lowest BCUT2D eigenvalue weighted by Crippen LogP contribution is -2.51. The number of nitrogens with one attached hydrogen (secondary N) is 1. The highest BCUT2D eigenvalue weighted by molar-refractivity contribution is 7.92. The van der Waals surface area contributed by atoms with E-state index in [1.54, 1.807) is 62.6 Å². The van der Waals surface area contributed by atoms with Gasteiger partial charge in [0.15, 0.2) is 0 Å². The van der Waals surface area contributed by atoms with Gasteiger partial charge in [-0.2, -0.15) is 0 Å². The normalized spacial score (nSPS) is 11.9. The number of amides is 2. The lowest BCUT2D eigenvalue weighted by atomic mass is 10.1. The molecule has 1 N–H and O–H groups in total. The van der Waals surface area contributed by atoms with Gasteiger partial charge in [-0.25, -0.2) is 8.42 Å². The van der Waals surface area contributed by atoms with E-state index in [0.717, 1.165) is 28.3 Å². The fourth-order valence-electron chi connectivity index (χ4n) is 4.08. The minimum atomic E-state index is -4.08. The van der Waals surface area contributed by atoms with Gasteiger partial charge in [-0.3, -0.25) is 13.9 Å². The van der Waals surface area contributed by atoms with Crippen molar-refractivity contribution in [1.82, 2.24) is 10.2 Å². The van der Waals surface area contributed by atoms with E-state index in [1.165, 1.54) is 17.0 Å². The van der Waals surface area contributed by atoms with Crippen LogP contribution in [0, 0.1) is 6.92 Å². The average Bonchev–Trinajstić information content (AvgIpc) is 2.94. The summed E-state index contributed by atoms with van der Waals surface area (Å²) in [5.41, 5.74) is 2.01. The number of ether oxygens (including phenoxy) is 1. The molecule has 0 saturated heterocycles. The van der Waals surface area contributed by atoms with Crippen LogP contribution >= 0.6 is 0 Å². The molecule has 0 radical (unpaired) electrons. The van der Waals surface area contributed by atoms with Gasteiger partial charge in [0.1, 0.15) is 18.3 Å². The summed E-state index contributed by atoms with van der Waals surface area (Å²) in [6, 6.07) is 21.4. The Hall–Kier alpha value is -3.85. The van der Waals surface area contributed by atoms with Crippen molar-refractivity contribution >= 4 is 27.5 Å². The largest absolute Gasteiger partial charge is 0.497 e. The van der Waals surface area contributed by atoms with Gasteiger partial charge in [-0.05, 0) is 67.8 Å². The molecule has 0 heterocycles. The molecular weight excluding hydrogens is 514 g/mol. The molecule has 0 aliphatic heterocycles. The summed E-state index contributed by atoms with van der Waals surface area (Å²) in [5, 5.41) is 2.89. The number of anilines is 1. The summed E-state index contributed by atoms with van der Waals surface area (Å²) in [6.07, 6.45) is 1.74. The van der Waals surface area contributed by atoms with Gasteiger partial charge in [0, 0.05) is 13.1 Å². The van der Waals surface area contributed by atoms with Gasteiger partial charge in [-0.15, -0.1) is 0 Å². The highest BCUT2D eigenvalue weighted by atomic mass is 32.2. The molecule has 8 nitrogen and oxygen atoms in total. The number of methoxy groups -OCH3 is 1. The third-order valence-electron chi connectivity index (χ3n) is 6.41. The van der Waals surface area contributed by atoms with Crippen LogP contribution in [0.3, 0.4) is 0 Å². The van der Waals surface area contributed by atoms with E-state index < -0.39 is 28.5 Å². The molecule has 0 unspecified atom stereocenters. The van der Waals surface area contributed by atoms with Crippen LogP contribution in [0.5, 0.6) is 5.75 Å². The van der Waals surface area contributed by atoms with Crippen LogP contribution in [0.15, 0.2) is 83.8 Å². The Morgan fingerprint density at radius 2 is 1.67 bits per heavy atom. The van der Waals surface area contributed by atoms with Gasteiger partial charge in [0.25, 0.3) is 10.0 Å². The van der Waals surface area contributed by atoms with Gasteiger partial charge < -0.3 is 15.0 Å². The Morgan fingerprint density at radius 3 is 2.28 bits per heavy atom. The number of carbonyl (C=O) groups excluding carboxylic acids is 2. The molecule has 9 heteroatoms. The second-order valence-electron chi connectivity index (χ2n) is 9.35. The molecule has 0 saturated carbocycles. The van der Waals surface area contributed by atoms with E-state index >= 15 is 0 Å². The molecule has 2 amide bonds. The Labute approximate surface area is 231 Å². The van der Waals surface area contributed by atoms with E-state index in [9.17, 15) is 18.0 Å². The van der Waals surface area contributed by atoms with Crippen molar-refractivity contribution in [2.24, 2.45) is 0 Å². The second-order valence-corrected chi connectivity index (χ2v) is 11.2. The molecular formula is C30H37N3O5S. The molecule has 3 aromatic carbocycles. The first-order chi connectivity index (χ1) is 18.7. The smallest absolute Gasteiger partial charge is 0.264 e. The SMILES string of the molecule is CCCCNC(=O)[C@@H](C)N(Cc1ccc(OC)cc1)C(=O)CN(c1cccc(C)c1)S(=O)(=O)c1ccccc1. The number of hydrogen-bond acceptors (Lipinski definition) is 5. The molecule has 1 atom stereocenters. The van der Waals surface area contributed by atoms with Crippen LogP contribution in [0.1, 0.15) is 37.8 Å². The number of unbranched alkanes of at least 4 members (excludes halogenated alkanes) is 1. The van der Waals surface area contributed by atoms with Crippen LogP contribution < -0.4 is 14.4 Å². The number of nitrogens with zero attached hydrogens (tertiary/aromatic N) is 2.